The second-order valence-corrected chi connectivity index (χ2v) is 4.11. The minimum Gasteiger partial charge on any atom is -0.306 e. The first kappa shape index (κ1) is 12.4. The normalized spacial score (nSPS) is 9.83. The van der Waals surface area contributed by atoms with Crippen LogP contribution in [0.1, 0.15) is 15.9 Å². The average molecular weight is 281 g/mol. The molecule has 7 heteroatoms. The molecule has 0 atom stereocenters. The highest BCUT2D eigenvalue weighted by atomic mass is 35.5. The van der Waals surface area contributed by atoms with Crippen LogP contribution >= 0.6 is 23.2 Å². The Bertz CT molecular complexity index is 645. The van der Waals surface area contributed by atoms with Gasteiger partial charge in [0.25, 0.3) is 5.91 Å². The van der Waals surface area contributed by atoms with E-state index in [-0.39, 0.29) is 27.0 Å². The number of nitrogens with one attached hydrogen (secondary N) is 2. The van der Waals surface area contributed by atoms with Gasteiger partial charge < -0.3 is 5.32 Å². The van der Waals surface area contributed by atoms with Crippen LogP contribution in [0.2, 0.25) is 10.0 Å². The molecule has 0 saturated heterocycles. The molecule has 1 aromatic carbocycles. The lowest BCUT2D eigenvalue weighted by Crippen LogP contribution is -2.13. The first-order valence-electron chi connectivity index (χ1n) is 4.82. The van der Waals surface area contributed by atoms with Crippen molar-refractivity contribution in [1.82, 2.24) is 10.2 Å². The molecule has 0 bridgehead atoms. The van der Waals surface area contributed by atoms with Crippen molar-refractivity contribution >= 4 is 34.9 Å². The quantitative estimate of drug-likeness (QED) is 0.888. The van der Waals surface area contributed by atoms with Gasteiger partial charge in [-0.3, -0.25) is 9.89 Å². The number of hydrogen-bond donors (Lipinski definition) is 2. The number of nitrogens with zero attached hydrogens (tertiary/aromatic N) is 2. The second kappa shape index (κ2) is 5.08. The number of benzene rings is 1. The van der Waals surface area contributed by atoms with Crippen molar-refractivity contribution in [3.05, 3.63) is 45.6 Å². The Hall–Kier alpha value is -2.03. The largest absolute Gasteiger partial charge is 0.306 e. The third-order valence-electron chi connectivity index (χ3n) is 2.19. The fraction of sp³-hybridized carbons (Fsp3) is 0. The third-order valence-corrected chi connectivity index (χ3v) is 3.01. The molecule has 5 nitrogen and oxygen atoms in total. The van der Waals surface area contributed by atoms with E-state index in [0.717, 1.165) is 0 Å². The van der Waals surface area contributed by atoms with Gasteiger partial charge in [-0.25, -0.2) is 0 Å². The number of aromatic nitrogens is 2. The van der Waals surface area contributed by atoms with E-state index in [1.807, 2.05) is 6.07 Å². The number of anilines is 1. The molecular weight excluding hydrogens is 275 g/mol. The lowest BCUT2D eigenvalue weighted by molar-refractivity contribution is 0.102. The molecular formula is C11H6Cl2N4O. The smallest absolute Gasteiger partial charge is 0.258 e. The van der Waals surface area contributed by atoms with Crippen LogP contribution in [0.4, 0.5) is 5.82 Å². The van der Waals surface area contributed by atoms with Crippen LogP contribution in [-0.4, -0.2) is 16.1 Å². The van der Waals surface area contributed by atoms with E-state index in [1.165, 1.54) is 12.3 Å². The lowest BCUT2D eigenvalue weighted by Gasteiger charge is -2.05. The van der Waals surface area contributed by atoms with E-state index in [1.54, 1.807) is 12.1 Å². The van der Waals surface area contributed by atoms with Gasteiger partial charge in [-0.1, -0.05) is 29.3 Å². The van der Waals surface area contributed by atoms with Crippen molar-refractivity contribution in [1.29, 1.82) is 5.26 Å². The van der Waals surface area contributed by atoms with Crippen LogP contribution in [0.3, 0.4) is 0 Å². The maximum Gasteiger partial charge on any atom is 0.258 e. The van der Waals surface area contributed by atoms with Crippen molar-refractivity contribution in [2.24, 2.45) is 0 Å². The van der Waals surface area contributed by atoms with Gasteiger partial charge in [-0.15, -0.1) is 0 Å². The Balaban J connectivity index is 2.29. The Morgan fingerprint density at radius 1 is 1.44 bits per heavy atom. The molecule has 0 aliphatic carbocycles. The monoisotopic (exact) mass is 280 g/mol. The number of hydrogen-bond acceptors (Lipinski definition) is 3. The zero-order valence-electron chi connectivity index (χ0n) is 8.87. The molecule has 0 aliphatic heterocycles. The Morgan fingerprint density at radius 3 is 2.94 bits per heavy atom. The van der Waals surface area contributed by atoms with Crippen LogP contribution in [0, 0.1) is 11.3 Å². The van der Waals surface area contributed by atoms with Gasteiger partial charge >= 0.3 is 0 Å². The average Bonchev–Trinajstić information content (AvgIpc) is 2.79. The van der Waals surface area contributed by atoms with Gasteiger partial charge in [-0.2, -0.15) is 10.4 Å². The zero-order valence-corrected chi connectivity index (χ0v) is 10.4. The molecule has 1 aromatic heterocycles. The number of rotatable bonds is 2. The molecule has 0 aliphatic rings. The minimum atomic E-state index is -0.469. The van der Waals surface area contributed by atoms with E-state index in [9.17, 15) is 4.79 Å². The van der Waals surface area contributed by atoms with Crippen molar-refractivity contribution in [2.75, 3.05) is 5.32 Å². The molecule has 0 radical (unpaired) electrons. The summed E-state index contributed by atoms with van der Waals surface area (Å²) in [4.78, 5) is 11.9. The van der Waals surface area contributed by atoms with Gasteiger partial charge in [0.2, 0.25) is 0 Å². The van der Waals surface area contributed by atoms with Crippen LogP contribution in [-0.2, 0) is 0 Å². The Labute approximate surface area is 112 Å². The van der Waals surface area contributed by atoms with E-state index in [4.69, 9.17) is 28.5 Å². The van der Waals surface area contributed by atoms with Gasteiger partial charge in [0.1, 0.15) is 17.5 Å². The number of aromatic amines is 1. The molecule has 18 heavy (non-hydrogen) atoms. The third kappa shape index (κ3) is 2.30. The predicted molar refractivity (Wildman–Crippen MR) is 67.7 cm³/mol. The molecule has 2 rings (SSSR count). The van der Waals surface area contributed by atoms with Crippen molar-refractivity contribution in [2.45, 2.75) is 0 Å². The van der Waals surface area contributed by atoms with E-state index in [0.29, 0.717) is 0 Å². The van der Waals surface area contributed by atoms with Gasteiger partial charge in [0.05, 0.1) is 21.8 Å². The molecule has 90 valence electrons. The standard InChI is InChI=1S/C11H6Cl2N4O/c12-8-3-1-2-7(9(8)13)11(18)16-10-6(4-14)5-15-17-10/h1-3,5H,(H2,15,16,17,18). The lowest BCUT2D eigenvalue weighted by atomic mass is 10.2. The van der Waals surface area contributed by atoms with Crippen LogP contribution in [0.25, 0.3) is 0 Å². The fourth-order valence-corrected chi connectivity index (χ4v) is 1.71. The highest BCUT2D eigenvalue weighted by Gasteiger charge is 2.15. The van der Waals surface area contributed by atoms with Crippen LogP contribution in [0.15, 0.2) is 24.4 Å². The second-order valence-electron chi connectivity index (χ2n) is 3.33. The van der Waals surface area contributed by atoms with E-state index >= 15 is 0 Å². The summed E-state index contributed by atoms with van der Waals surface area (Å²) in [6.45, 7) is 0. The topological polar surface area (TPSA) is 81.6 Å². The first-order chi connectivity index (χ1) is 8.63. The molecule has 1 heterocycles. The minimum absolute atomic E-state index is 0.162. The highest BCUT2D eigenvalue weighted by molar-refractivity contribution is 6.44. The molecule has 0 saturated carbocycles. The fourth-order valence-electron chi connectivity index (χ4n) is 1.33. The number of H-pyrrole nitrogens is 1. The summed E-state index contributed by atoms with van der Waals surface area (Å²) in [6, 6.07) is 6.62. The van der Waals surface area contributed by atoms with Crippen molar-refractivity contribution < 1.29 is 4.79 Å². The summed E-state index contributed by atoms with van der Waals surface area (Å²) in [5.41, 5.74) is 0.462. The maximum absolute atomic E-state index is 11.9. The summed E-state index contributed by atoms with van der Waals surface area (Å²) in [6.07, 6.45) is 1.31. The molecule has 0 unspecified atom stereocenters. The van der Waals surface area contributed by atoms with Crippen LogP contribution in [0.5, 0.6) is 0 Å². The Kier molecular flexibility index (Phi) is 3.51. The molecule has 2 N–H and O–H groups in total. The number of halogens is 2. The zero-order chi connectivity index (χ0) is 13.1. The maximum atomic E-state index is 11.9. The molecule has 0 fully saturated rings. The van der Waals surface area contributed by atoms with Gasteiger partial charge in [-0.05, 0) is 12.1 Å². The summed E-state index contributed by atoms with van der Waals surface area (Å²) in [7, 11) is 0. The molecule has 1 amide bonds. The van der Waals surface area contributed by atoms with Crippen molar-refractivity contribution in [3.8, 4) is 6.07 Å². The first-order valence-corrected chi connectivity index (χ1v) is 5.58. The van der Waals surface area contributed by atoms with Gasteiger partial charge in [0, 0.05) is 0 Å². The summed E-state index contributed by atoms with van der Waals surface area (Å²) in [5, 5.41) is 17.9. The SMILES string of the molecule is N#Cc1cn[nH]c1NC(=O)c1cccc(Cl)c1Cl. The van der Waals surface area contributed by atoms with E-state index < -0.39 is 5.91 Å². The van der Waals surface area contributed by atoms with Crippen LogP contribution < -0.4 is 5.32 Å². The number of nitriles is 1. The van der Waals surface area contributed by atoms with E-state index in [2.05, 4.69) is 15.5 Å². The predicted octanol–water partition coefficient (Wildman–Crippen LogP) is 2.84. The summed E-state index contributed by atoms with van der Waals surface area (Å²) >= 11 is 11.7. The number of amides is 1. The van der Waals surface area contributed by atoms with Crippen molar-refractivity contribution in [3.63, 3.8) is 0 Å². The Morgan fingerprint density at radius 2 is 2.22 bits per heavy atom. The number of carbonyl (C=O) groups is 1. The van der Waals surface area contributed by atoms with Gasteiger partial charge in [0.15, 0.2) is 0 Å². The summed E-state index contributed by atoms with van der Waals surface area (Å²) < 4.78 is 0. The summed E-state index contributed by atoms with van der Waals surface area (Å²) in [5.74, 6) is -0.248. The highest BCUT2D eigenvalue weighted by Crippen LogP contribution is 2.26. The molecule has 0 spiro atoms. The number of carbonyl (C=O) groups excluding carboxylic acids is 1. The molecule has 2 aromatic rings.